The molecule has 0 spiro atoms. The summed E-state index contributed by atoms with van der Waals surface area (Å²) < 4.78 is 34.2. The predicted octanol–water partition coefficient (Wildman–Crippen LogP) is 2.32. The second-order valence-electron chi connectivity index (χ2n) is 5.51. The van der Waals surface area contributed by atoms with E-state index in [0.717, 1.165) is 38.8 Å². The van der Waals surface area contributed by atoms with Gasteiger partial charge in [-0.2, -0.15) is 4.98 Å². The molecule has 0 amide bonds. The summed E-state index contributed by atoms with van der Waals surface area (Å²) in [6.07, 6.45) is 2.03. The molecule has 0 bridgehead atoms. The number of halogens is 2. The number of rotatable bonds is 8. The van der Waals surface area contributed by atoms with E-state index in [1.54, 1.807) is 0 Å². The van der Waals surface area contributed by atoms with Gasteiger partial charge in [-0.1, -0.05) is 18.5 Å². The first-order valence-corrected chi connectivity index (χ1v) is 7.56. The highest BCUT2D eigenvalue weighted by Crippen LogP contribution is 2.36. The van der Waals surface area contributed by atoms with Crippen molar-refractivity contribution in [2.45, 2.75) is 50.9 Å². The fourth-order valence-electron chi connectivity index (χ4n) is 2.86. The Morgan fingerprint density at radius 3 is 2.81 bits per heavy atom. The maximum atomic E-state index is 12.0. The summed E-state index contributed by atoms with van der Waals surface area (Å²) in [5.74, 6) is 1.22. The van der Waals surface area contributed by atoms with Crippen molar-refractivity contribution in [2.75, 3.05) is 26.3 Å². The summed E-state index contributed by atoms with van der Waals surface area (Å²) in [5, 5.41) is 7.31. The zero-order chi connectivity index (χ0) is 15.1. The van der Waals surface area contributed by atoms with Gasteiger partial charge in [-0.25, -0.2) is 8.78 Å². The molecule has 2 rings (SSSR count). The topological polar surface area (TPSA) is 60.2 Å². The van der Waals surface area contributed by atoms with Crippen LogP contribution in [0.4, 0.5) is 8.78 Å². The first kappa shape index (κ1) is 16.3. The van der Waals surface area contributed by atoms with Crippen LogP contribution in [0.15, 0.2) is 4.52 Å². The zero-order valence-corrected chi connectivity index (χ0v) is 12.4. The van der Waals surface area contributed by atoms with Gasteiger partial charge in [0.15, 0.2) is 5.82 Å². The maximum Gasteiger partial charge on any atom is 0.261 e. The SMILES string of the molecule is CCCC1(c2nc(CCOCC(F)F)no2)CCNCC1. The quantitative estimate of drug-likeness (QED) is 0.747. The molecule has 1 aliphatic rings. The van der Waals surface area contributed by atoms with Crippen molar-refractivity contribution in [1.29, 1.82) is 0 Å². The Balaban J connectivity index is 1.93. The Morgan fingerprint density at radius 2 is 2.14 bits per heavy atom. The van der Waals surface area contributed by atoms with Crippen LogP contribution in [0.5, 0.6) is 0 Å². The second-order valence-corrected chi connectivity index (χ2v) is 5.51. The Kier molecular flexibility index (Phi) is 6.05. The van der Waals surface area contributed by atoms with Gasteiger partial charge in [-0.05, 0) is 32.4 Å². The van der Waals surface area contributed by atoms with Crippen molar-refractivity contribution in [3.63, 3.8) is 0 Å². The lowest BCUT2D eigenvalue weighted by atomic mass is 9.75. The third-order valence-corrected chi connectivity index (χ3v) is 3.92. The van der Waals surface area contributed by atoms with Crippen LogP contribution >= 0.6 is 0 Å². The molecule has 0 saturated carbocycles. The number of piperidine rings is 1. The molecule has 0 aromatic carbocycles. The third-order valence-electron chi connectivity index (χ3n) is 3.92. The van der Waals surface area contributed by atoms with E-state index in [9.17, 15) is 8.78 Å². The van der Waals surface area contributed by atoms with Gasteiger partial charge in [0.1, 0.15) is 6.61 Å². The Morgan fingerprint density at radius 1 is 1.38 bits per heavy atom. The summed E-state index contributed by atoms with van der Waals surface area (Å²) in [6.45, 7) is 3.70. The Labute approximate surface area is 123 Å². The van der Waals surface area contributed by atoms with Crippen LogP contribution in [0.1, 0.15) is 44.3 Å². The van der Waals surface area contributed by atoms with E-state index in [1.807, 2.05) is 0 Å². The van der Waals surface area contributed by atoms with E-state index >= 15 is 0 Å². The maximum absolute atomic E-state index is 12.0. The number of aromatic nitrogens is 2. The number of hydrogen-bond donors (Lipinski definition) is 1. The molecule has 1 aliphatic heterocycles. The molecule has 7 heteroatoms. The Hall–Kier alpha value is -1.08. The van der Waals surface area contributed by atoms with Crippen molar-refractivity contribution in [1.82, 2.24) is 15.5 Å². The number of nitrogens with one attached hydrogen (secondary N) is 1. The lowest BCUT2D eigenvalue weighted by Gasteiger charge is -2.34. The molecule has 0 unspecified atom stereocenters. The van der Waals surface area contributed by atoms with E-state index in [2.05, 4.69) is 22.4 Å². The fourth-order valence-corrected chi connectivity index (χ4v) is 2.86. The molecule has 0 atom stereocenters. The highest BCUT2D eigenvalue weighted by Gasteiger charge is 2.38. The normalized spacial score (nSPS) is 18.3. The molecule has 0 radical (unpaired) electrons. The van der Waals surface area contributed by atoms with Gasteiger partial charge >= 0.3 is 0 Å². The number of nitrogens with zero attached hydrogens (tertiary/aromatic N) is 2. The van der Waals surface area contributed by atoms with E-state index in [1.165, 1.54) is 0 Å². The minimum atomic E-state index is -2.44. The molecule has 1 N–H and O–H groups in total. The lowest BCUT2D eigenvalue weighted by Crippen LogP contribution is -2.40. The predicted molar refractivity (Wildman–Crippen MR) is 73.5 cm³/mol. The van der Waals surface area contributed by atoms with Crippen LogP contribution in [0, 0.1) is 0 Å². The van der Waals surface area contributed by atoms with Crippen LogP contribution in [-0.4, -0.2) is 42.9 Å². The average molecular weight is 303 g/mol. The van der Waals surface area contributed by atoms with E-state index < -0.39 is 13.0 Å². The molecule has 1 fully saturated rings. The molecule has 1 aromatic heterocycles. The first-order valence-electron chi connectivity index (χ1n) is 7.56. The van der Waals surface area contributed by atoms with Crippen LogP contribution in [0.25, 0.3) is 0 Å². The standard InChI is InChI=1S/C14H23F2N3O2/c1-2-4-14(5-7-17-8-6-14)13-18-12(19-21-13)3-9-20-10-11(15)16/h11,17H,2-10H2,1H3. The second kappa shape index (κ2) is 7.79. The van der Waals surface area contributed by atoms with Gasteiger partial charge in [0.25, 0.3) is 6.43 Å². The number of ether oxygens (including phenoxy) is 1. The molecular formula is C14H23F2N3O2. The molecule has 1 aromatic rings. The zero-order valence-electron chi connectivity index (χ0n) is 12.4. The van der Waals surface area contributed by atoms with Crippen molar-refractivity contribution < 1.29 is 18.0 Å². The number of hydrogen-bond acceptors (Lipinski definition) is 5. The van der Waals surface area contributed by atoms with E-state index in [-0.39, 0.29) is 12.0 Å². The van der Waals surface area contributed by atoms with Crippen molar-refractivity contribution in [2.24, 2.45) is 0 Å². The van der Waals surface area contributed by atoms with E-state index in [0.29, 0.717) is 18.1 Å². The van der Waals surface area contributed by atoms with Gasteiger partial charge in [0.05, 0.1) is 12.0 Å². The molecule has 5 nitrogen and oxygen atoms in total. The summed E-state index contributed by atoms with van der Waals surface area (Å²) in [6, 6.07) is 0. The smallest absolute Gasteiger partial charge is 0.261 e. The summed E-state index contributed by atoms with van der Waals surface area (Å²) in [7, 11) is 0. The summed E-state index contributed by atoms with van der Waals surface area (Å²) in [5.41, 5.74) is -0.0327. The van der Waals surface area contributed by atoms with Crippen molar-refractivity contribution in [3.05, 3.63) is 11.7 Å². The molecule has 0 aliphatic carbocycles. The van der Waals surface area contributed by atoms with Gasteiger partial charge in [-0.15, -0.1) is 0 Å². The molecular weight excluding hydrogens is 280 g/mol. The summed E-state index contributed by atoms with van der Waals surface area (Å²) in [4.78, 5) is 4.47. The molecule has 2 heterocycles. The third kappa shape index (κ3) is 4.44. The monoisotopic (exact) mass is 303 g/mol. The molecule has 21 heavy (non-hydrogen) atoms. The van der Waals surface area contributed by atoms with Crippen LogP contribution in [-0.2, 0) is 16.6 Å². The van der Waals surface area contributed by atoms with Crippen LogP contribution in [0.3, 0.4) is 0 Å². The van der Waals surface area contributed by atoms with Crippen LogP contribution < -0.4 is 5.32 Å². The lowest BCUT2D eigenvalue weighted by molar-refractivity contribution is 0.0182. The highest BCUT2D eigenvalue weighted by molar-refractivity contribution is 5.07. The largest absolute Gasteiger partial charge is 0.375 e. The fraction of sp³-hybridized carbons (Fsp3) is 0.857. The van der Waals surface area contributed by atoms with E-state index in [4.69, 9.17) is 9.26 Å². The van der Waals surface area contributed by atoms with Crippen molar-refractivity contribution in [3.8, 4) is 0 Å². The van der Waals surface area contributed by atoms with Gasteiger partial charge in [0.2, 0.25) is 5.89 Å². The van der Waals surface area contributed by atoms with Crippen LogP contribution in [0.2, 0.25) is 0 Å². The highest BCUT2D eigenvalue weighted by atomic mass is 19.3. The summed E-state index contributed by atoms with van der Waals surface area (Å²) >= 11 is 0. The average Bonchev–Trinajstić information content (AvgIpc) is 2.94. The molecule has 1 saturated heterocycles. The molecule has 120 valence electrons. The van der Waals surface area contributed by atoms with Gasteiger partial charge in [-0.3, -0.25) is 0 Å². The van der Waals surface area contributed by atoms with Gasteiger partial charge < -0.3 is 14.6 Å². The van der Waals surface area contributed by atoms with Gasteiger partial charge in [0, 0.05) is 6.42 Å². The minimum Gasteiger partial charge on any atom is -0.375 e. The minimum absolute atomic E-state index is 0.0327. The first-order chi connectivity index (χ1) is 10.2. The Bertz CT molecular complexity index is 415. The van der Waals surface area contributed by atoms with Crippen molar-refractivity contribution >= 4 is 0 Å². The number of alkyl halides is 2.